The Bertz CT molecular complexity index is 1030. The van der Waals surface area contributed by atoms with Crippen LogP contribution in [0.2, 0.25) is 0 Å². The maximum atomic E-state index is 13.1. The lowest BCUT2D eigenvalue weighted by Crippen LogP contribution is -2.56. The third-order valence-corrected chi connectivity index (χ3v) is 7.91. The second-order valence-electron chi connectivity index (χ2n) is 9.80. The summed E-state index contributed by atoms with van der Waals surface area (Å²) in [7, 11) is 1.60. The first-order valence-corrected chi connectivity index (χ1v) is 11.5. The van der Waals surface area contributed by atoms with Gasteiger partial charge in [-0.05, 0) is 43.7 Å². The Balaban J connectivity index is 1.16. The minimum atomic E-state index is -0.159. The van der Waals surface area contributed by atoms with Gasteiger partial charge in [0, 0.05) is 49.6 Å². The van der Waals surface area contributed by atoms with Crippen molar-refractivity contribution in [3.63, 3.8) is 0 Å². The number of benzene rings is 1. The maximum absolute atomic E-state index is 13.1. The zero-order chi connectivity index (χ0) is 21.2. The van der Waals surface area contributed by atoms with Gasteiger partial charge in [-0.3, -0.25) is 9.59 Å². The highest BCUT2D eigenvalue weighted by molar-refractivity contribution is 5.97. The number of hydrogen-bond donors (Lipinski definition) is 1. The van der Waals surface area contributed by atoms with Crippen molar-refractivity contribution in [2.45, 2.75) is 31.2 Å². The van der Waals surface area contributed by atoms with E-state index in [9.17, 15) is 9.59 Å². The average Bonchev–Trinajstić information content (AvgIpc) is 3.22. The van der Waals surface area contributed by atoms with E-state index in [-0.39, 0.29) is 23.3 Å². The monoisotopic (exact) mass is 423 g/mol. The first-order chi connectivity index (χ1) is 15.1. The number of methoxy groups -OCH3 is 1. The van der Waals surface area contributed by atoms with Crippen molar-refractivity contribution < 1.29 is 18.7 Å². The van der Waals surface area contributed by atoms with Crippen LogP contribution in [0.5, 0.6) is 5.75 Å². The van der Waals surface area contributed by atoms with Crippen molar-refractivity contribution in [3.05, 3.63) is 30.0 Å². The lowest BCUT2D eigenvalue weighted by molar-refractivity contribution is -0.123. The SMILES string of the molecule is COc1cccc2cc(C(=O)N3CCC4(CC3)NC(=O)[C@@H]3CN(CC5CC5)C[C@@H]34)oc12. The fraction of sp³-hybridized carbons (Fsp3) is 0.583. The molecule has 2 amide bonds. The zero-order valence-corrected chi connectivity index (χ0v) is 17.9. The summed E-state index contributed by atoms with van der Waals surface area (Å²) < 4.78 is 11.2. The van der Waals surface area contributed by atoms with E-state index in [1.807, 2.05) is 23.1 Å². The summed E-state index contributed by atoms with van der Waals surface area (Å²) in [4.78, 5) is 30.2. The van der Waals surface area contributed by atoms with Gasteiger partial charge >= 0.3 is 0 Å². The number of amides is 2. The van der Waals surface area contributed by atoms with E-state index in [2.05, 4.69) is 10.2 Å². The Hall–Kier alpha value is -2.54. The second kappa shape index (κ2) is 6.99. The minimum absolute atomic E-state index is 0.0873. The molecule has 1 saturated carbocycles. The van der Waals surface area contributed by atoms with Crippen LogP contribution in [0.1, 0.15) is 36.2 Å². The molecule has 2 atom stereocenters. The van der Waals surface area contributed by atoms with E-state index in [0.717, 1.165) is 43.8 Å². The molecule has 0 radical (unpaired) electrons. The number of rotatable bonds is 4. The average molecular weight is 424 g/mol. The predicted octanol–water partition coefficient (Wildman–Crippen LogP) is 2.50. The summed E-state index contributed by atoms with van der Waals surface area (Å²) in [5.41, 5.74) is 0.447. The fourth-order valence-corrected chi connectivity index (χ4v) is 6.02. The van der Waals surface area contributed by atoms with Crippen molar-refractivity contribution >= 4 is 22.8 Å². The quantitative estimate of drug-likeness (QED) is 0.818. The zero-order valence-electron chi connectivity index (χ0n) is 17.9. The van der Waals surface area contributed by atoms with Gasteiger partial charge in [-0.15, -0.1) is 0 Å². The Morgan fingerprint density at radius 1 is 1.26 bits per heavy atom. The van der Waals surface area contributed by atoms with Crippen molar-refractivity contribution in [3.8, 4) is 5.75 Å². The van der Waals surface area contributed by atoms with Crippen LogP contribution in [0.4, 0.5) is 0 Å². The molecule has 31 heavy (non-hydrogen) atoms. The lowest BCUT2D eigenvalue weighted by atomic mass is 9.75. The largest absolute Gasteiger partial charge is 0.493 e. The first-order valence-electron chi connectivity index (χ1n) is 11.5. The van der Waals surface area contributed by atoms with Gasteiger partial charge in [0.05, 0.1) is 13.0 Å². The first kappa shape index (κ1) is 19.2. The third kappa shape index (κ3) is 3.13. The van der Waals surface area contributed by atoms with Crippen LogP contribution in [0, 0.1) is 17.8 Å². The van der Waals surface area contributed by atoms with Gasteiger partial charge in [0.2, 0.25) is 5.91 Å². The van der Waals surface area contributed by atoms with Crippen molar-refractivity contribution in [2.75, 3.05) is 39.8 Å². The molecule has 4 heterocycles. The van der Waals surface area contributed by atoms with Crippen molar-refractivity contribution in [1.82, 2.24) is 15.1 Å². The molecule has 2 aromatic rings. The molecule has 1 aromatic heterocycles. The van der Waals surface area contributed by atoms with Gasteiger partial charge in [-0.1, -0.05) is 12.1 Å². The highest BCUT2D eigenvalue weighted by atomic mass is 16.5. The van der Waals surface area contributed by atoms with Gasteiger partial charge in [0.15, 0.2) is 17.1 Å². The summed E-state index contributed by atoms with van der Waals surface area (Å²) >= 11 is 0. The Morgan fingerprint density at radius 3 is 2.81 bits per heavy atom. The number of piperidine rings is 1. The molecular weight excluding hydrogens is 394 g/mol. The van der Waals surface area contributed by atoms with E-state index >= 15 is 0 Å². The van der Waals surface area contributed by atoms with E-state index in [0.29, 0.717) is 36.1 Å². The van der Waals surface area contributed by atoms with Crippen LogP contribution in [-0.4, -0.2) is 67.0 Å². The molecule has 3 saturated heterocycles. The van der Waals surface area contributed by atoms with E-state index < -0.39 is 0 Å². The smallest absolute Gasteiger partial charge is 0.289 e. The van der Waals surface area contributed by atoms with Gasteiger partial charge < -0.3 is 24.3 Å². The third-order valence-electron chi connectivity index (χ3n) is 7.91. The lowest BCUT2D eigenvalue weighted by Gasteiger charge is -2.42. The van der Waals surface area contributed by atoms with Crippen LogP contribution in [0.3, 0.4) is 0 Å². The topological polar surface area (TPSA) is 75.0 Å². The number of carbonyl (C=O) groups excluding carboxylic acids is 2. The van der Waals surface area contributed by atoms with Crippen molar-refractivity contribution in [1.29, 1.82) is 0 Å². The predicted molar refractivity (Wildman–Crippen MR) is 115 cm³/mol. The summed E-state index contributed by atoms with van der Waals surface area (Å²) in [5.74, 6) is 2.43. The van der Waals surface area contributed by atoms with Crippen LogP contribution < -0.4 is 10.1 Å². The Kier molecular flexibility index (Phi) is 4.32. The number of para-hydroxylation sites is 1. The van der Waals surface area contributed by atoms with E-state index in [1.165, 1.54) is 12.8 Å². The number of ether oxygens (including phenoxy) is 1. The van der Waals surface area contributed by atoms with Crippen molar-refractivity contribution in [2.24, 2.45) is 17.8 Å². The number of hydrogen-bond acceptors (Lipinski definition) is 5. The van der Waals surface area contributed by atoms with Gasteiger partial charge in [0.1, 0.15) is 0 Å². The van der Waals surface area contributed by atoms with Gasteiger partial charge in [-0.2, -0.15) is 0 Å². The normalized spacial score (nSPS) is 27.6. The summed E-state index contributed by atoms with van der Waals surface area (Å²) in [6.45, 7) is 4.34. The van der Waals surface area contributed by atoms with Crippen LogP contribution >= 0.6 is 0 Å². The Labute approximate surface area is 181 Å². The molecule has 1 spiro atoms. The number of nitrogens with one attached hydrogen (secondary N) is 1. The number of fused-ring (bicyclic) bond motifs is 3. The van der Waals surface area contributed by atoms with E-state index in [1.54, 1.807) is 13.2 Å². The summed E-state index contributed by atoms with van der Waals surface area (Å²) in [6, 6.07) is 7.44. The molecule has 1 aromatic carbocycles. The minimum Gasteiger partial charge on any atom is -0.493 e. The van der Waals surface area contributed by atoms with Crippen LogP contribution in [-0.2, 0) is 4.79 Å². The molecule has 4 aliphatic rings. The van der Waals surface area contributed by atoms with Gasteiger partial charge in [-0.25, -0.2) is 0 Å². The van der Waals surface area contributed by atoms with Gasteiger partial charge in [0.25, 0.3) is 5.91 Å². The number of likely N-dealkylation sites (tertiary alicyclic amines) is 2. The van der Waals surface area contributed by atoms with Crippen LogP contribution in [0.25, 0.3) is 11.0 Å². The highest BCUT2D eigenvalue weighted by Crippen LogP contribution is 2.45. The molecule has 6 rings (SSSR count). The highest BCUT2D eigenvalue weighted by Gasteiger charge is 2.57. The summed E-state index contributed by atoms with van der Waals surface area (Å²) in [5, 5.41) is 4.22. The molecule has 1 aliphatic carbocycles. The van der Waals surface area contributed by atoms with Crippen LogP contribution in [0.15, 0.2) is 28.7 Å². The standard InChI is InChI=1S/C24H29N3O4/c1-30-19-4-2-3-16-11-20(31-21(16)19)23(29)27-9-7-24(8-10-27)18-14-26(12-15-5-6-15)13-17(18)22(28)25-24/h2-4,11,15,17-18H,5-10,12-14H2,1H3,(H,25,28)/t17-,18+/m1/s1. The maximum Gasteiger partial charge on any atom is 0.289 e. The molecule has 3 aliphatic heterocycles. The molecule has 7 heteroatoms. The molecule has 0 unspecified atom stereocenters. The Morgan fingerprint density at radius 2 is 2.06 bits per heavy atom. The molecular formula is C24H29N3O4. The second-order valence-corrected chi connectivity index (χ2v) is 9.80. The molecule has 164 valence electrons. The van der Waals surface area contributed by atoms with E-state index in [4.69, 9.17) is 9.15 Å². The molecule has 7 nitrogen and oxygen atoms in total. The summed E-state index contributed by atoms with van der Waals surface area (Å²) in [6.07, 6.45) is 4.31. The number of carbonyl (C=O) groups is 2. The molecule has 1 N–H and O–H groups in total. The molecule has 4 fully saturated rings. The number of furan rings is 1. The fourth-order valence-electron chi connectivity index (χ4n) is 6.02. The molecule has 0 bridgehead atoms. The number of nitrogens with zero attached hydrogens (tertiary/aromatic N) is 2.